The topological polar surface area (TPSA) is 9.23 Å². The van der Waals surface area contributed by atoms with Crippen molar-refractivity contribution in [2.75, 3.05) is 7.11 Å². The van der Waals surface area contributed by atoms with Crippen molar-refractivity contribution in [1.82, 2.24) is 0 Å². The first-order valence-electron chi connectivity index (χ1n) is 7.45. The van der Waals surface area contributed by atoms with Crippen LogP contribution in [0.1, 0.15) is 53.3 Å². The lowest BCUT2D eigenvalue weighted by Gasteiger charge is -2.15. The van der Waals surface area contributed by atoms with Gasteiger partial charge in [0.2, 0.25) is 0 Å². The highest BCUT2D eigenvalue weighted by Gasteiger charge is 2.13. The Bertz CT molecular complexity index is 589. The summed E-state index contributed by atoms with van der Waals surface area (Å²) >= 11 is 3.81. The lowest BCUT2D eigenvalue weighted by atomic mass is 9.96. The molecular weight excluding hydrogens is 324 g/mol. The second-order valence-corrected chi connectivity index (χ2v) is 6.48. The number of hydrogen-bond acceptors (Lipinski definition) is 1. The van der Waals surface area contributed by atoms with Crippen molar-refractivity contribution in [3.63, 3.8) is 0 Å². The molecule has 0 radical (unpaired) electrons. The Morgan fingerprint density at radius 2 is 1.57 bits per heavy atom. The lowest BCUT2D eigenvalue weighted by molar-refractivity contribution is 0.411. The molecule has 0 aliphatic rings. The molecule has 0 saturated heterocycles. The van der Waals surface area contributed by atoms with Crippen molar-refractivity contribution >= 4 is 15.9 Å². The van der Waals surface area contributed by atoms with Gasteiger partial charge >= 0.3 is 0 Å². The number of hydrogen-bond donors (Lipinski definition) is 0. The Morgan fingerprint density at radius 1 is 1.00 bits per heavy atom. The largest absolute Gasteiger partial charge is 0.496 e. The average Bonchev–Trinajstić information content (AvgIpc) is 2.54. The van der Waals surface area contributed by atoms with Crippen LogP contribution in [-0.4, -0.2) is 7.11 Å². The van der Waals surface area contributed by atoms with Gasteiger partial charge in [0.05, 0.1) is 11.9 Å². The molecule has 21 heavy (non-hydrogen) atoms. The van der Waals surface area contributed by atoms with Crippen LogP contribution in [0.4, 0.5) is 0 Å². The van der Waals surface area contributed by atoms with Gasteiger partial charge in [0.1, 0.15) is 5.75 Å². The van der Waals surface area contributed by atoms with Gasteiger partial charge < -0.3 is 4.74 Å². The zero-order valence-corrected chi connectivity index (χ0v) is 14.8. The third kappa shape index (κ3) is 3.68. The normalized spacial score (nSPS) is 13.8. The van der Waals surface area contributed by atoms with Crippen LogP contribution in [0.25, 0.3) is 0 Å². The Labute approximate surface area is 136 Å². The van der Waals surface area contributed by atoms with Gasteiger partial charge in [-0.05, 0) is 47.6 Å². The number of aryl methyl sites for hydroxylation is 1. The predicted molar refractivity (Wildman–Crippen MR) is 93.6 cm³/mol. The van der Waals surface area contributed by atoms with E-state index in [1.54, 1.807) is 7.11 Å². The number of benzene rings is 2. The molecule has 1 nitrogen and oxygen atoms in total. The van der Waals surface area contributed by atoms with E-state index in [9.17, 15) is 0 Å². The Kier molecular flexibility index (Phi) is 5.46. The molecule has 2 atom stereocenters. The molecule has 0 aliphatic heterocycles. The van der Waals surface area contributed by atoms with E-state index < -0.39 is 0 Å². The number of halogens is 1. The van der Waals surface area contributed by atoms with Crippen LogP contribution in [0.3, 0.4) is 0 Å². The van der Waals surface area contributed by atoms with E-state index in [0.29, 0.717) is 5.92 Å². The molecule has 2 heteroatoms. The quantitative estimate of drug-likeness (QED) is 0.603. The first-order chi connectivity index (χ1) is 10.1. The molecule has 0 aromatic heterocycles. The molecule has 0 amide bonds. The highest BCUT2D eigenvalue weighted by Crippen LogP contribution is 2.34. The number of ether oxygens (including phenoxy) is 1. The third-order valence-electron chi connectivity index (χ3n) is 4.14. The van der Waals surface area contributed by atoms with Crippen LogP contribution >= 0.6 is 15.9 Å². The van der Waals surface area contributed by atoms with Crippen molar-refractivity contribution in [2.45, 2.75) is 37.9 Å². The van der Waals surface area contributed by atoms with E-state index in [4.69, 9.17) is 4.74 Å². The van der Waals surface area contributed by atoms with Crippen LogP contribution in [0, 0.1) is 6.92 Å². The maximum atomic E-state index is 5.42. The van der Waals surface area contributed by atoms with Gasteiger partial charge in [-0.15, -0.1) is 0 Å². The summed E-state index contributed by atoms with van der Waals surface area (Å²) in [6.07, 6.45) is 1.17. The predicted octanol–water partition coefficient (Wildman–Crippen LogP) is 6.00. The van der Waals surface area contributed by atoms with E-state index >= 15 is 0 Å². The SMILES string of the molecule is CCC(C)c1ccc(C(Br)c2ccc(C)c(OC)c2)cc1. The first kappa shape index (κ1) is 16.1. The monoisotopic (exact) mass is 346 g/mol. The first-order valence-corrected chi connectivity index (χ1v) is 8.36. The highest BCUT2D eigenvalue weighted by molar-refractivity contribution is 9.09. The number of rotatable bonds is 5. The van der Waals surface area contributed by atoms with Gasteiger partial charge in [-0.25, -0.2) is 0 Å². The van der Waals surface area contributed by atoms with E-state index in [0.717, 1.165) is 11.3 Å². The summed E-state index contributed by atoms with van der Waals surface area (Å²) in [7, 11) is 1.72. The average molecular weight is 347 g/mol. The van der Waals surface area contributed by atoms with Crippen LogP contribution in [0.2, 0.25) is 0 Å². The lowest BCUT2D eigenvalue weighted by Crippen LogP contribution is -1.97. The van der Waals surface area contributed by atoms with Crippen molar-refractivity contribution in [2.24, 2.45) is 0 Å². The Balaban J connectivity index is 2.25. The van der Waals surface area contributed by atoms with E-state index in [-0.39, 0.29) is 4.83 Å². The van der Waals surface area contributed by atoms with Crippen molar-refractivity contribution in [1.29, 1.82) is 0 Å². The molecule has 2 unspecified atom stereocenters. The summed E-state index contributed by atoms with van der Waals surface area (Å²) in [6.45, 7) is 6.56. The summed E-state index contributed by atoms with van der Waals surface area (Å²) in [5.41, 5.74) is 5.05. The fourth-order valence-corrected chi connectivity index (χ4v) is 3.01. The minimum Gasteiger partial charge on any atom is -0.496 e. The van der Waals surface area contributed by atoms with Gasteiger partial charge in [-0.3, -0.25) is 0 Å². The van der Waals surface area contributed by atoms with Gasteiger partial charge in [0.15, 0.2) is 0 Å². The van der Waals surface area contributed by atoms with Crippen LogP contribution in [-0.2, 0) is 0 Å². The molecule has 0 bridgehead atoms. The van der Waals surface area contributed by atoms with Crippen LogP contribution in [0.15, 0.2) is 42.5 Å². The maximum absolute atomic E-state index is 5.42. The summed E-state index contributed by atoms with van der Waals surface area (Å²) < 4.78 is 5.42. The minimum absolute atomic E-state index is 0.193. The molecule has 0 fully saturated rings. The van der Waals surface area contributed by atoms with E-state index in [1.165, 1.54) is 23.1 Å². The maximum Gasteiger partial charge on any atom is 0.122 e. The fourth-order valence-electron chi connectivity index (χ4n) is 2.42. The second kappa shape index (κ2) is 7.13. The molecule has 2 rings (SSSR count). The minimum atomic E-state index is 0.193. The second-order valence-electron chi connectivity index (χ2n) is 5.57. The summed E-state index contributed by atoms with van der Waals surface area (Å²) in [5.74, 6) is 1.56. The molecule has 0 aliphatic carbocycles. The standard InChI is InChI=1S/C19H23BrO/c1-5-13(2)15-8-10-16(11-9-15)19(20)17-7-6-14(3)18(12-17)21-4/h6-13,19H,5H2,1-4H3. The van der Waals surface area contributed by atoms with Gasteiger partial charge in [0.25, 0.3) is 0 Å². The summed E-state index contributed by atoms with van der Waals surface area (Å²) in [6, 6.07) is 15.3. The fraction of sp³-hybridized carbons (Fsp3) is 0.368. The van der Waals surface area contributed by atoms with Crippen molar-refractivity contribution in [3.05, 3.63) is 64.7 Å². The molecule has 0 saturated carbocycles. The smallest absolute Gasteiger partial charge is 0.122 e. The van der Waals surface area contributed by atoms with Gasteiger partial charge in [0, 0.05) is 0 Å². The highest BCUT2D eigenvalue weighted by atomic mass is 79.9. The zero-order chi connectivity index (χ0) is 15.4. The van der Waals surface area contributed by atoms with Gasteiger partial charge in [-0.1, -0.05) is 66.2 Å². The van der Waals surface area contributed by atoms with Gasteiger partial charge in [-0.2, -0.15) is 0 Å². The molecule has 0 N–H and O–H groups in total. The van der Waals surface area contributed by atoms with E-state index in [2.05, 4.69) is 79.2 Å². The molecular formula is C19H23BrO. The molecule has 2 aromatic carbocycles. The van der Waals surface area contributed by atoms with Crippen molar-refractivity contribution < 1.29 is 4.74 Å². The van der Waals surface area contributed by atoms with Crippen molar-refractivity contribution in [3.8, 4) is 5.75 Å². The zero-order valence-electron chi connectivity index (χ0n) is 13.2. The van der Waals surface area contributed by atoms with E-state index in [1.807, 2.05) is 0 Å². The Morgan fingerprint density at radius 3 is 2.14 bits per heavy atom. The molecule has 0 heterocycles. The summed E-state index contributed by atoms with van der Waals surface area (Å²) in [4.78, 5) is 0.193. The summed E-state index contributed by atoms with van der Waals surface area (Å²) in [5, 5.41) is 0. The molecule has 112 valence electrons. The Hall–Kier alpha value is -1.28. The number of methoxy groups -OCH3 is 1. The van der Waals surface area contributed by atoms with Crippen LogP contribution < -0.4 is 4.74 Å². The number of alkyl halides is 1. The molecule has 0 spiro atoms. The van der Waals surface area contributed by atoms with Crippen LogP contribution in [0.5, 0.6) is 5.75 Å². The third-order valence-corrected chi connectivity index (χ3v) is 5.19. The molecule has 2 aromatic rings.